The number of thiocarbonyl (C=S) groups is 1. The Morgan fingerprint density at radius 1 is 1.00 bits per heavy atom. The van der Waals surface area contributed by atoms with Gasteiger partial charge in [-0.15, -0.1) is 0 Å². The topological polar surface area (TPSA) is 114 Å². The summed E-state index contributed by atoms with van der Waals surface area (Å²) in [4.78, 5) is 23.0. The number of hydrogen-bond acceptors (Lipinski definition) is 6. The number of ether oxygens (including phenoxy) is 1. The molecule has 0 fully saturated rings. The van der Waals surface area contributed by atoms with E-state index < -0.39 is 21.8 Å². The van der Waals surface area contributed by atoms with Gasteiger partial charge in [0.05, 0.1) is 12.0 Å². The Bertz CT molecular complexity index is 955. The molecule has 0 aliphatic heterocycles. The molecule has 2 rings (SSSR count). The Labute approximate surface area is 162 Å². The van der Waals surface area contributed by atoms with Crippen LogP contribution in [-0.2, 0) is 14.8 Å². The summed E-state index contributed by atoms with van der Waals surface area (Å²) in [5.41, 5.74) is 0.869. The van der Waals surface area contributed by atoms with Crippen molar-refractivity contribution in [3.8, 4) is 5.75 Å². The molecule has 0 heterocycles. The fourth-order valence-corrected chi connectivity index (χ4v) is 3.25. The lowest BCUT2D eigenvalue weighted by atomic mass is 10.2. The number of rotatable bonds is 5. The van der Waals surface area contributed by atoms with Gasteiger partial charge < -0.3 is 10.1 Å². The molecule has 27 heavy (non-hydrogen) atoms. The first-order chi connectivity index (χ1) is 12.7. The van der Waals surface area contributed by atoms with Crippen molar-refractivity contribution in [1.82, 2.24) is 10.0 Å². The molecule has 0 spiro atoms. The van der Waals surface area contributed by atoms with E-state index in [0.717, 1.165) is 6.92 Å². The third-order valence-electron chi connectivity index (χ3n) is 3.28. The predicted octanol–water partition coefficient (Wildman–Crippen LogP) is 1.65. The predicted molar refractivity (Wildman–Crippen MR) is 104 cm³/mol. The lowest BCUT2D eigenvalue weighted by Crippen LogP contribution is -2.34. The fourth-order valence-electron chi connectivity index (χ4n) is 2.05. The number of carbonyl (C=O) groups excluding carboxylic acids is 2. The highest BCUT2D eigenvalue weighted by atomic mass is 32.2. The number of hydrogen-bond donors (Lipinski definition) is 3. The van der Waals surface area contributed by atoms with Gasteiger partial charge in [-0.2, -0.15) is 0 Å². The normalized spacial score (nSPS) is 10.6. The first kappa shape index (κ1) is 20.3. The molecule has 2 aromatic rings. The summed E-state index contributed by atoms with van der Waals surface area (Å²) in [5, 5.41) is 5.34. The number of carbonyl (C=O) groups is 2. The molecule has 2 aromatic carbocycles. The van der Waals surface area contributed by atoms with Gasteiger partial charge in [0.25, 0.3) is 15.9 Å². The van der Waals surface area contributed by atoms with Crippen molar-refractivity contribution >= 4 is 44.9 Å². The third-order valence-corrected chi connectivity index (χ3v) is 4.93. The molecule has 0 atom stereocenters. The molecule has 0 saturated carbocycles. The number of sulfonamides is 1. The lowest BCUT2D eigenvalue weighted by molar-refractivity contribution is -0.117. The van der Waals surface area contributed by atoms with Crippen LogP contribution in [-0.4, -0.2) is 32.5 Å². The van der Waals surface area contributed by atoms with Gasteiger partial charge in [0.1, 0.15) is 5.75 Å². The second-order valence-corrected chi connectivity index (χ2v) is 7.41. The molecule has 0 unspecified atom stereocenters. The summed E-state index contributed by atoms with van der Waals surface area (Å²) in [6, 6.07) is 12.0. The van der Waals surface area contributed by atoms with Gasteiger partial charge in [0.15, 0.2) is 5.11 Å². The molecule has 0 aliphatic rings. The highest BCUT2D eigenvalue weighted by Crippen LogP contribution is 2.14. The van der Waals surface area contributed by atoms with E-state index in [2.05, 4.69) is 10.6 Å². The third kappa shape index (κ3) is 5.76. The summed E-state index contributed by atoms with van der Waals surface area (Å²) in [6.07, 6.45) is 0. The smallest absolute Gasteiger partial charge is 0.264 e. The van der Waals surface area contributed by atoms with Gasteiger partial charge in [0.2, 0.25) is 5.91 Å². The molecule has 8 nitrogen and oxygen atoms in total. The molecule has 0 saturated heterocycles. The molecule has 142 valence electrons. The number of amides is 2. The van der Waals surface area contributed by atoms with Gasteiger partial charge in [-0.05, 0) is 60.7 Å². The van der Waals surface area contributed by atoms with E-state index in [1.165, 1.54) is 31.4 Å². The van der Waals surface area contributed by atoms with Gasteiger partial charge in [-0.25, -0.2) is 13.1 Å². The second-order valence-electron chi connectivity index (χ2n) is 5.32. The Kier molecular flexibility index (Phi) is 6.48. The van der Waals surface area contributed by atoms with Crippen molar-refractivity contribution in [3.05, 3.63) is 54.1 Å². The molecule has 0 radical (unpaired) electrons. The summed E-state index contributed by atoms with van der Waals surface area (Å²) < 4.78 is 30.7. The van der Waals surface area contributed by atoms with E-state index in [9.17, 15) is 18.0 Å². The maximum absolute atomic E-state index is 12.1. The van der Waals surface area contributed by atoms with Crippen LogP contribution in [0.4, 0.5) is 5.69 Å². The van der Waals surface area contributed by atoms with Crippen LogP contribution in [0.5, 0.6) is 5.75 Å². The van der Waals surface area contributed by atoms with E-state index in [1.807, 2.05) is 4.72 Å². The van der Waals surface area contributed by atoms with Crippen molar-refractivity contribution < 1.29 is 22.7 Å². The Morgan fingerprint density at radius 3 is 2.11 bits per heavy atom. The minimum atomic E-state index is -3.91. The summed E-state index contributed by atoms with van der Waals surface area (Å²) >= 11 is 5.08. The van der Waals surface area contributed by atoms with Crippen LogP contribution in [0.3, 0.4) is 0 Å². The zero-order chi connectivity index (χ0) is 20.0. The minimum Gasteiger partial charge on any atom is -0.497 e. The van der Waals surface area contributed by atoms with E-state index in [4.69, 9.17) is 17.0 Å². The molecule has 0 aromatic heterocycles. The Hall–Kier alpha value is -2.98. The number of anilines is 1. The van der Waals surface area contributed by atoms with Gasteiger partial charge in [-0.1, -0.05) is 0 Å². The standard InChI is InChI=1S/C17H17N3O5S2/c1-11(21)20-27(23,24)15-9-5-13(6-10-15)18-17(26)19-16(22)12-3-7-14(25-2)8-4-12/h3-10H,1-2H3,(H,20,21)(H2,18,19,22,26). The Morgan fingerprint density at radius 2 is 1.59 bits per heavy atom. The quantitative estimate of drug-likeness (QED) is 0.646. The first-order valence-corrected chi connectivity index (χ1v) is 9.50. The first-order valence-electron chi connectivity index (χ1n) is 7.61. The van der Waals surface area contributed by atoms with Crippen molar-refractivity contribution in [2.24, 2.45) is 0 Å². The fraction of sp³-hybridized carbons (Fsp3) is 0.118. The van der Waals surface area contributed by atoms with Crippen molar-refractivity contribution in [3.63, 3.8) is 0 Å². The number of nitrogens with one attached hydrogen (secondary N) is 3. The summed E-state index contributed by atoms with van der Waals surface area (Å²) in [7, 11) is -2.38. The van der Waals surface area contributed by atoms with Crippen molar-refractivity contribution in [1.29, 1.82) is 0 Å². The van der Waals surface area contributed by atoms with Crippen LogP contribution in [0.1, 0.15) is 17.3 Å². The summed E-state index contributed by atoms with van der Waals surface area (Å²) in [5.74, 6) is -0.457. The highest BCUT2D eigenvalue weighted by molar-refractivity contribution is 7.90. The molecule has 0 bridgehead atoms. The Balaban J connectivity index is 1.99. The minimum absolute atomic E-state index is 0.0493. The van der Waals surface area contributed by atoms with Gasteiger partial charge in [-0.3, -0.25) is 14.9 Å². The van der Waals surface area contributed by atoms with Crippen molar-refractivity contribution in [2.45, 2.75) is 11.8 Å². The molecule has 0 aliphatic carbocycles. The lowest BCUT2D eigenvalue weighted by Gasteiger charge is -2.11. The van der Waals surface area contributed by atoms with Crippen LogP contribution < -0.4 is 20.1 Å². The number of benzene rings is 2. The highest BCUT2D eigenvalue weighted by Gasteiger charge is 2.15. The number of methoxy groups -OCH3 is 1. The van der Waals surface area contributed by atoms with Crippen LogP contribution in [0, 0.1) is 0 Å². The maximum atomic E-state index is 12.1. The molecule has 2 amide bonds. The average molecular weight is 407 g/mol. The monoisotopic (exact) mass is 407 g/mol. The SMILES string of the molecule is COc1ccc(C(=O)NC(=S)Nc2ccc(S(=O)(=O)NC(C)=O)cc2)cc1. The molecular weight excluding hydrogens is 390 g/mol. The van der Waals surface area contributed by atoms with Gasteiger partial charge >= 0.3 is 0 Å². The zero-order valence-corrected chi connectivity index (χ0v) is 16.1. The largest absolute Gasteiger partial charge is 0.497 e. The van der Waals surface area contributed by atoms with E-state index >= 15 is 0 Å². The van der Waals surface area contributed by atoms with E-state index in [-0.39, 0.29) is 10.0 Å². The van der Waals surface area contributed by atoms with Crippen molar-refractivity contribution in [2.75, 3.05) is 12.4 Å². The molecule has 10 heteroatoms. The molecular formula is C17H17N3O5S2. The maximum Gasteiger partial charge on any atom is 0.264 e. The van der Waals surface area contributed by atoms with Crippen LogP contribution >= 0.6 is 12.2 Å². The van der Waals surface area contributed by atoms with E-state index in [0.29, 0.717) is 17.0 Å². The average Bonchev–Trinajstić information content (AvgIpc) is 2.61. The zero-order valence-electron chi connectivity index (χ0n) is 14.5. The molecule has 3 N–H and O–H groups in total. The van der Waals surface area contributed by atoms with Crippen LogP contribution in [0.25, 0.3) is 0 Å². The van der Waals surface area contributed by atoms with Crippen LogP contribution in [0.15, 0.2) is 53.4 Å². The van der Waals surface area contributed by atoms with E-state index in [1.54, 1.807) is 24.3 Å². The second kappa shape index (κ2) is 8.60. The van der Waals surface area contributed by atoms with Gasteiger partial charge in [0, 0.05) is 18.2 Å². The summed E-state index contributed by atoms with van der Waals surface area (Å²) in [6.45, 7) is 1.11. The van der Waals surface area contributed by atoms with Crippen LogP contribution in [0.2, 0.25) is 0 Å².